The molecule has 8 heteroatoms. The van der Waals surface area contributed by atoms with Gasteiger partial charge in [-0.15, -0.1) is 4.83 Å². The lowest BCUT2D eigenvalue weighted by Gasteiger charge is -2.11. The van der Waals surface area contributed by atoms with E-state index in [4.69, 9.17) is 0 Å². The fourth-order valence-corrected chi connectivity index (χ4v) is 3.37. The van der Waals surface area contributed by atoms with Crippen molar-refractivity contribution in [2.45, 2.75) is 11.8 Å². The highest BCUT2D eigenvalue weighted by Gasteiger charge is 2.18. The molecule has 2 aromatic rings. The molecule has 3 N–H and O–H groups in total. The van der Waals surface area contributed by atoms with Gasteiger partial charge in [-0.2, -0.15) is 0 Å². The van der Waals surface area contributed by atoms with Gasteiger partial charge in [0, 0.05) is 10.0 Å². The van der Waals surface area contributed by atoms with E-state index < -0.39 is 15.9 Å². The molecule has 0 spiro atoms. The Bertz CT molecular complexity index is 821. The molecule has 0 aromatic heterocycles. The fourth-order valence-electron chi connectivity index (χ4n) is 1.75. The predicted molar refractivity (Wildman–Crippen MR) is 84.8 cm³/mol. The van der Waals surface area contributed by atoms with Crippen LogP contribution in [0.25, 0.3) is 0 Å². The number of benzene rings is 2. The Kier molecular flexibility index (Phi) is 4.84. The summed E-state index contributed by atoms with van der Waals surface area (Å²) < 4.78 is 25.0. The molecule has 0 aliphatic carbocycles. The lowest BCUT2D eigenvalue weighted by molar-refractivity contribution is 0.0944. The molecule has 0 atom stereocenters. The van der Waals surface area contributed by atoms with Crippen molar-refractivity contribution in [3.63, 3.8) is 0 Å². The molecule has 0 radical (unpaired) electrons. The first kappa shape index (κ1) is 16.5. The molecule has 0 saturated heterocycles. The molecule has 116 valence electrons. The van der Waals surface area contributed by atoms with Crippen LogP contribution in [-0.4, -0.2) is 19.4 Å². The second-order valence-electron chi connectivity index (χ2n) is 4.52. The molecule has 0 aliphatic rings. The van der Waals surface area contributed by atoms with Crippen molar-refractivity contribution in [2.75, 3.05) is 0 Å². The summed E-state index contributed by atoms with van der Waals surface area (Å²) in [6, 6.07) is 10.4. The van der Waals surface area contributed by atoms with Gasteiger partial charge in [-0.25, -0.2) is 8.42 Å². The quantitative estimate of drug-likeness (QED) is 0.703. The van der Waals surface area contributed by atoms with Crippen LogP contribution < -0.4 is 10.3 Å². The van der Waals surface area contributed by atoms with Gasteiger partial charge in [-0.05, 0) is 42.8 Å². The van der Waals surface area contributed by atoms with Crippen LogP contribution in [0, 0.1) is 6.92 Å². The van der Waals surface area contributed by atoms with E-state index in [9.17, 15) is 18.3 Å². The lowest BCUT2D eigenvalue weighted by atomic mass is 10.2. The van der Waals surface area contributed by atoms with E-state index in [-0.39, 0.29) is 16.2 Å². The van der Waals surface area contributed by atoms with Crippen LogP contribution in [0.2, 0.25) is 0 Å². The minimum atomic E-state index is -3.90. The standard InChI is InChI=1S/C14H13BrN2O4S/c1-9-5-6-11(15)8-13(9)22(20,21)17-16-14(19)10-3-2-4-12(18)7-10/h2-8,17-18H,1H3,(H,16,19). The first-order chi connectivity index (χ1) is 10.3. The van der Waals surface area contributed by atoms with Crippen molar-refractivity contribution in [1.29, 1.82) is 0 Å². The molecule has 6 nitrogen and oxygen atoms in total. The monoisotopic (exact) mass is 384 g/mol. The Morgan fingerprint density at radius 1 is 1.18 bits per heavy atom. The number of phenols is 1. The number of carbonyl (C=O) groups is 1. The van der Waals surface area contributed by atoms with Crippen molar-refractivity contribution in [1.82, 2.24) is 10.3 Å². The van der Waals surface area contributed by atoms with E-state index in [1.807, 2.05) is 4.83 Å². The van der Waals surface area contributed by atoms with E-state index >= 15 is 0 Å². The van der Waals surface area contributed by atoms with E-state index in [0.717, 1.165) is 0 Å². The maximum atomic E-state index is 12.2. The van der Waals surface area contributed by atoms with Gasteiger partial charge in [0.2, 0.25) is 0 Å². The van der Waals surface area contributed by atoms with Crippen molar-refractivity contribution < 1.29 is 18.3 Å². The van der Waals surface area contributed by atoms with E-state index in [1.165, 1.54) is 30.3 Å². The van der Waals surface area contributed by atoms with Crippen molar-refractivity contribution in [2.24, 2.45) is 0 Å². The highest BCUT2D eigenvalue weighted by Crippen LogP contribution is 2.20. The summed E-state index contributed by atoms with van der Waals surface area (Å²) in [5.74, 6) is -0.759. The number of hydrazine groups is 1. The van der Waals surface area contributed by atoms with Gasteiger partial charge in [-0.3, -0.25) is 10.2 Å². The average Bonchev–Trinajstić information content (AvgIpc) is 2.47. The average molecular weight is 385 g/mol. The summed E-state index contributed by atoms with van der Waals surface area (Å²) in [5.41, 5.74) is 2.79. The van der Waals surface area contributed by atoms with Gasteiger partial charge < -0.3 is 5.11 Å². The highest BCUT2D eigenvalue weighted by molar-refractivity contribution is 9.10. The number of carbonyl (C=O) groups excluding carboxylic acids is 1. The number of hydrogen-bond acceptors (Lipinski definition) is 4. The van der Waals surface area contributed by atoms with Gasteiger partial charge in [0.25, 0.3) is 15.9 Å². The summed E-state index contributed by atoms with van der Waals surface area (Å²) >= 11 is 3.21. The third-order valence-corrected chi connectivity index (χ3v) is 4.73. The van der Waals surface area contributed by atoms with E-state index in [1.54, 1.807) is 19.1 Å². The van der Waals surface area contributed by atoms with Crippen LogP contribution in [0.1, 0.15) is 15.9 Å². The number of halogens is 1. The molecule has 0 heterocycles. The van der Waals surface area contributed by atoms with Gasteiger partial charge in [0.05, 0.1) is 4.90 Å². The number of phenolic OH excluding ortho intramolecular Hbond substituents is 1. The Morgan fingerprint density at radius 2 is 1.91 bits per heavy atom. The zero-order valence-electron chi connectivity index (χ0n) is 11.5. The number of sulfonamides is 1. The summed E-state index contributed by atoms with van der Waals surface area (Å²) in [7, 11) is -3.90. The molecule has 0 saturated carbocycles. The molecule has 0 unspecified atom stereocenters. The number of amides is 1. The molecule has 22 heavy (non-hydrogen) atoms. The Labute approximate surface area is 136 Å². The number of hydrogen-bond donors (Lipinski definition) is 3. The Balaban J connectivity index is 2.16. The molecule has 0 aliphatic heterocycles. The minimum Gasteiger partial charge on any atom is -0.508 e. The second kappa shape index (κ2) is 6.47. The molecule has 0 fully saturated rings. The van der Waals surface area contributed by atoms with Crippen LogP contribution in [0.4, 0.5) is 0 Å². The summed E-state index contributed by atoms with van der Waals surface area (Å²) in [4.78, 5) is 14.0. The van der Waals surface area contributed by atoms with Crippen molar-refractivity contribution in [3.05, 3.63) is 58.1 Å². The van der Waals surface area contributed by atoms with Crippen LogP contribution in [0.15, 0.2) is 51.8 Å². The first-order valence-electron chi connectivity index (χ1n) is 6.17. The topological polar surface area (TPSA) is 95.5 Å². The van der Waals surface area contributed by atoms with Crippen LogP contribution >= 0.6 is 15.9 Å². The number of aryl methyl sites for hydroxylation is 1. The zero-order valence-corrected chi connectivity index (χ0v) is 13.9. The lowest BCUT2D eigenvalue weighted by Crippen LogP contribution is -2.41. The van der Waals surface area contributed by atoms with Crippen molar-refractivity contribution >= 4 is 31.9 Å². The number of rotatable bonds is 4. The van der Waals surface area contributed by atoms with Gasteiger partial charge in [0.15, 0.2) is 0 Å². The maximum Gasteiger partial charge on any atom is 0.266 e. The Hall–Kier alpha value is -1.90. The molecule has 2 rings (SSSR count). The summed E-state index contributed by atoms with van der Waals surface area (Å²) in [5, 5.41) is 9.31. The number of aromatic hydroxyl groups is 1. The van der Waals surface area contributed by atoms with Gasteiger partial charge in [-0.1, -0.05) is 28.1 Å². The zero-order chi connectivity index (χ0) is 16.3. The predicted octanol–water partition coefficient (Wildman–Crippen LogP) is 2.09. The molecular formula is C14H13BrN2O4S. The smallest absolute Gasteiger partial charge is 0.266 e. The maximum absolute atomic E-state index is 12.2. The first-order valence-corrected chi connectivity index (χ1v) is 8.44. The molecule has 2 aromatic carbocycles. The molecule has 1 amide bonds. The third-order valence-electron chi connectivity index (χ3n) is 2.85. The third kappa shape index (κ3) is 3.85. The van der Waals surface area contributed by atoms with Crippen molar-refractivity contribution in [3.8, 4) is 5.75 Å². The van der Waals surface area contributed by atoms with Gasteiger partial charge in [0.1, 0.15) is 5.75 Å². The summed E-state index contributed by atoms with van der Waals surface area (Å²) in [6.45, 7) is 1.65. The van der Waals surface area contributed by atoms with Gasteiger partial charge >= 0.3 is 0 Å². The molecule has 0 bridgehead atoms. The fraction of sp³-hybridized carbons (Fsp3) is 0.0714. The van der Waals surface area contributed by atoms with Crippen LogP contribution in [0.5, 0.6) is 5.75 Å². The Morgan fingerprint density at radius 3 is 2.59 bits per heavy atom. The van der Waals surface area contributed by atoms with Crippen LogP contribution in [0.3, 0.4) is 0 Å². The van der Waals surface area contributed by atoms with E-state index in [2.05, 4.69) is 21.4 Å². The molecular weight excluding hydrogens is 372 g/mol. The summed E-state index contributed by atoms with van der Waals surface area (Å²) in [6.07, 6.45) is 0. The largest absolute Gasteiger partial charge is 0.508 e. The number of nitrogens with one attached hydrogen (secondary N) is 2. The second-order valence-corrected chi connectivity index (χ2v) is 7.09. The SMILES string of the molecule is Cc1ccc(Br)cc1S(=O)(=O)NNC(=O)c1cccc(O)c1. The normalized spacial score (nSPS) is 11.2. The highest BCUT2D eigenvalue weighted by atomic mass is 79.9. The van der Waals surface area contributed by atoms with E-state index in [0.29, 0.717) is 10.0 Å². The van der Waals surface area contributed by atoms with Crippen LogP contribution in [-0.2, 0) is 10.0 Å². The minimum absolute atomic E-state index is 0.0538.